The number of Topliss-reactive ketones (excluding diaryl/α,β-unsaturated/α-hetero) is 1. The summed E-state index contributed by atoms with van der Waals surface area (Å²) in [5.74, 6) is -0.0611. The second-order valence-corrected chi connectivity index (χ2v) is 6.10. The summed E-state index contributed by atoms with van der Waals surface area (Å²) in [6.07, 6.45) is 2.83. The van der Waals surface area contributed by atoms with Crippen LogP contribution < -0.4 is 5.32 Å². The third-order valence-electron chi connectivity index (χ3n) is 4.06. The lowest BCUT2D eigenvalue weighted by molar-refractivity contribution is -0.127. The molecule has 0 bridgehead atoms. The molecule has 2 atom stereocenters. The zero-order valence-corrected chi connectivity index (χ0v) is 13.8. The van der Waals surface area contributed by atoms with Gasteiger partial charge in [0.05, 0.1) is 17.5 Å². The molecule has 4 nitrogen and oxygen atoms in total. The molecule has 0 unspecified atom stereocenters. The molecule has 0 aliphatic heterocycles. The normalized spacial score (nSPS) is 13.8. The van der Waals surface area contributed by atoms with E-state index in [9.17, 15) is 9.59 Å². The third kappa shape index (κ3) is 3.50. The Morgan fingerprint density at radius 1 is 1.36 bits per heavy atom. The van der Waals surface area contributed by atoms with Crippen LogP contribution in [-0.2, 0) is 16.0 Å². The highest BCUT2D eigenvalue weighted by Gasteiger charge is 2.23. The minimum absolute atomic E-state index is 0.0142. The number of nitrogens with one attached hydrogen (secondary N) is 2. The van der Waals surface area contributed by atoms with Gasteiger partial charge in [-0.2, -0.15) is 0 Å². The first-order valence-electron chi connectivity index (χ1n) is 7.48. The topological polar surface area (TPSA) is 62.0 Å². The smallest absolute Gasteiger partial charge is 0.225 e. The first-order chi connectivity index (χ1) is 10.4. The number of carbonyl (C=O) groups is 2. The van der Waals surface area contributed by atoms with Crippen molar-refractivity contribution in [1.82, 2.24) is 10.3 Å². The maximum Gasteiger partial charge on any atom is 0.225 e. The summed E-state index contributed by atoms with van der Waals surface area (Å²) in [5, 5.41) is 4.32. The standard InChI is InChI=1S/C17H21ClN2O2/c1-4-10(2)17(11(3)21)20-15(22)8-12-9-19-14-7-5-6-13(18)16(12)14/h5-7,9-10,17,19H,4,8H2,1-3H3,(H,20,22)/t10-,17-/m0/s1. The van der Waals surface area contributed by atoms with Crippen molar-refractivity contribution in [2.75, 3.05) is 0 Å². The number of halogens is 1. The Bertz CT molecular complexity index is 693. The predicted molar refractivity (Wildman–Crippen MR) is 89.1 cm³/mol. The molecular formula is C17H21ClN2O2. The first-order valence-corrected chi connectivity index (χ1v) is 7.86. The Morgan fingerprint density at radius 3 is 2.73 bits per heavy atom. The number of benzene rings is 1. The summed E-state index contributed by atoms with van der Waals surface area (Å²) in [5.41, 5.74) is 1.74. The number of hydrogen-bond acceptors (Lipinski definition) is 2. The molecule has 1 aromatic carbocycles. The number of carbonyl (C=O) groups excluding carboxylic acids is 2. The summed E-state index contributed by atoms with van der Waals surface area (Å²) < 4.78 is 0. The minimum atomic E-state index is -0.432. The van der Waals surface area contributed by atoms with Crippen molar-refractivity contribution in [2.24, 2.45) is 5.92 Å². The van der Waals surface area contributed by atoms with E-state index in [2.05, 4.69) is 10.3 Å². The molecular weight excluding hydrogens is 300 g/mol. The van der Waals surface area contributed by atoms with Gasteiger partial charge in [-0.15, -0.1) is 0 Å². The van der Waals surface area contributed by atoms with Crippen LogP contribution in [0.2, 0.25) is 5.02 Å². The molecule has 2 rings (SSSR count). The van der Waals surface area contributed by atoms with Gasteiger partial charge in [0.15, 0.2) is 5.78 Å². The fourth-order valence-electron chi connectivity index (χ4n) is 2.62. The first kappa shape index (κ1) is 16.6. The van der Waals surface area contributed by atoms with Gasteiger partial charge in [-0.3, -0.25) is 9.59 Å². The van der Waals surface area contributed by atoms with Crippen LogP contribution in [0.3, 0.4) is 0 Å². The van der Waals surface area contributed by atoms with Crippen molar-refractivity contribution in [3.8, 4) is 0 Å². The maximum atomic E-state index is 12.3. The Labute approximate surface area is 135 Å². The van der Waals surface area contributed by atoms with Gasteiger partial charge in [-0.05, 0) is 30.5 Å². The van der Waals surface area contributed by atoms with Gasteiger partial charge in [0.2, 0.25) is 5.91 Å². The van der Waals surface area contributed by atoms with Gasteiger partial charge in [-0.1, -0.05) is 37.9 Å². The van der Waals surface area contributed by atoms with Crippen LogP contribution in [-0.4, -0.2) is 22.7 Å². The highest BCUT2D eigenvalue weighted by Crippen LogP contribution is 2.26. The van der Waals surface area contributed by atoms with Crippen molar-refractivity contribution in [2.45, 2.75) is 39.7 Å². The second-order valence-electron chi connectivity index (χ2n) is 5.69. The Kier molecular flexibility index (Phi) is 5.24. The summed E-state index contributed by atoms with van der Waals surface area (Å²) in [6, 6.07) is 5.15. The van der Waals surface area contributed by atoms with E-state index < -0.39 is 6.04 Å². The maximum absolute atomic E-state index is 12.3. The third-order valence-corrected chi connectivity index (χ3v) is 4.37. The monoisotopic (exact) mass is 320 g/mol. The zero-order chi connectivity index (χ0) is 16.3. The summed E-state index contributed by atoms with van der Waals surface area (Å²) in [7, 11) is 0. The van der Waals surface area contributed by atoms with Gasteiger partial charge in [0.25, 0.3) is 0 Å². The average molecular weight is 321 g/mol. The number of H-pyrrole nitrogens is 1. The molecule has 0 radical (unpaired) electrons. The Morgan fingerprint density at radius 2 is 2.09 bits per heavy atom. The average Bonchev–Trinajstić information content (AvgIpc) is 2.88. The predicted octanol–water partition coefficient (Wildman–Crippen LogP) is 3.48. The quantitative estimate of drug-likeness (QED) is 0.856. The van der Waals surface area contributed by atoms with E-state index in [0.29, 0.717) is 5.02 Å². The molecule has 0 aliphatic rings. The molecule has 2 N–H and O–H groups in total. The highest BCUT2D eigenvalue weighted by atomic mass is 35.5. The molecule has 1 heterocycles. The summed E-state index contributed by atoms with van der Waals surface area (Å²) in [4.78, 5) is 27.1. The van der Waals surface area contributed by atoms with Crippen molar-refractivity contribution < 1.29 is 9.59 Å². The van der Waals surface area contributed by atoms with E-state index >= 15 is 0 Å². The Balaban J connectivity index is 2.15. The van der Waals surface area contributed by atoms with E-state index in [1.54, 1.807) is 12.3 Å². The van der Waals surface area contributed by atoms with Gasteiger partial charge < -0.3 is 10.3 Å². The van der Waals surface area contributed by atoms with Crippen LogP contribution in [0.1, 0.15) is 32.8 Å². The molecule has 0 saturated heterocycles. The number of rotatable bonds is 6. The molecule has 2 aromatic rings. The van der Waals surface area contributed by atoms with Crippen molar-refractivity contribution in [3.63, 3.8) is 0 Å². The lowest BCUT2D eigenvalue weighted by Gasteiger charge is -2.21. The van der Waals surface area contributed by atoms with Crippen LogP contribution in [0, 0.1) is 5.92 Å². The van der Waals surface area contributed by atoms with Gasteiger partial charge in [-0.25, -0.2) is 0 Å². The molecule has 0 fully saturated rings. The van der Waals surface area contributed by atoms with Crippen LogP contribution in [0.25, 0.3) is 10.9 Å². The van der Waals surface area contributed by atoms with Crippen LogP contribution in [0.4, 0.5) is 0 Å². The number of aromatic nitrogens is 1. The lowest BCUT2D eigenvalue weighted by atomic mass is 9.96. The van der Waals surface area contributed by atoms with Gasteiger partial charge >= 0.3 is 0 Å². The van der Waals surface area contributed by atoms with Gasteiger partial charge in [0.1, 0.15) is 0 Å². The summed E-state index contributed by atoms with van der Waals surface area (Å²) in [6.45, 7) is 5.49. The fourth-order valence-corrected chi connectivity index (χ4v) is 2.92. The SMILES string of the molecule is CC[C@H](C)[C@H](NC(=O)Cc1c[nH]c2cccc(Cl)c12)C(C)=O. The molecule has 1 amide bonds. The van der Waals surface area contributed by atoms with Crippen molar-refractivity contribution >= 4 is 34.2 Å². The Hall–Kier alpha value is -1.81. The highest BCUT2D eigenvalue weighted by molar-refractivity contribution is 6.35. The van der Waals surface area contributed by atoms with E-state index in [4.69, 9.17) is 11.6 Å². The van der Waals surface area contributed by atoms with Crippen molar-refractivity contribution in [1.29, 1.82) is 0 Å². The number of aromatic amines is 1. The minimum Gasteiger partial charge on any atom is -0.361 e. The summed E-state index contributed by atoms with van der Waals surface area (Å²) >= 11 is 6.21. The van der Waals surface area contributed by atoms with Crippen LogP contribution in [0.15, 0.2) is 24.4 Å². The molecule has 0 spiro atoms. The fraction of sp³-hybridized carbons (Fsp3) is 0.412. The number of amides is 1. The number of ketones is 1. The van der Waals surface area contributed by atoms with E-state index in [0.717, 1.165) is 22.9 Å². The largest absolute Gasteiger partial charge is 0.361 e. The molecule has 5 heteroatoms. The molecule has 0 saturated carbocycles. The van der Waals surface area contributed by atoms with E-state index in [1.165, 1.54) is 6.92 Å². The molecule has 22 heavy (non-hydrogen) atoms. The van der Waals surface area contributed by atoms with Crippen LogP contribution >= 0.6 is 11.6 Å². The number of hydrogen-bond donors (Lipinski definition) is 2. The van der Waals surface area contributed by atoms with Crippen LogP contribution in [0.5, 0.6) is 0 Å². The number of fused-ring (bicyclic) bond motifs is 1. The van der Waals surface area contributed by atoms with Gasteiger partial charge in [0, 0.05) is 17.1 Å². The molecule has 118 valence electrons. The molecule has 0 aliphatic carbocycles. The second kappa shape index (κ2) is 6.97. The van der Waals surface area contributed by atoms with E-state index in [1.807, 2.05) is 26.0 Å². The van der Waals surface area contributed by atoms with E-state index in [-0.39, 0.29) is 24.0 Å². The molecule has 1 aromatic heterocycles. The van der Waals surface area contributed by atoms with Crippen molar-refractivity contribution in [3.05, 3.63) is 35.0 Å². The lowest BCUT2D eigenvalue weighted by Crippen LogP contribution is -2.44. The zero-order valence-electron chi connectivity index (χ0n) is 13.1.